The van der Waals surface area contributed by atoms with Crippen molar-refractivity contribution in [3.8, 4) is 0 Å². The smallest absolute Gasteiger partial charge is 0.306 e. The molecule has 0 aliphatic carbocycles. The first-order valence-electron chi connectivity index (χ1n) is 8.15. The molecule has 8 nitrogen and oxygen atoms in total. The van der Waals surface area contributed by atoms with Crippen LogP contribution in [0.4, 0.5) is 0 Å². The predicted octanol–water partition coefficient (Wildman–Crippen LogP) is 1.06. The molecule has 24 heavy (non-hydrogen) atoms. The topological polar surface area (TPSA) is 99.2 Å². The van der Waals surface area contributed by atoms with Crippen molar-refractivity contribution in [1.82, 2.24) is 4.90 Å². The Kier molecular flexibility index (Phi) is 11.2. The molecule has 138 valence electrons. The maximum absolute atomic E-state index is 12.4. The number of carbonyl (C=O) groups is 4. The summed E-state index contributed by atoms with van der Waals surface area (Å²) < 4.78 is 14.9. The summed E-state index contributed by atoms with van der Waals surface area (Å²) in [5.41, 5.74) is 0. The van der Waals surface area contributed by atoms with E-state index in [1.165, 1.54) is 11.8 Å². The van der Waals surface area contributed by atoms with Gasteiger partial charge in [-0.2, -0.15) is 0 Å². The lowest BCUT2D eigenvalue weighted by Crippen LogP contribution is -2.43. The first kappa shape index (κ1) is 21.9. The zero-order chi connectivity index (χ0) is 18.5. The van der Waals surface area contributed by atoms with Crippen LogP contribution in [0.5, 0.6) is 0 Å². The van der Waals surface area contributed by atoms with E-state index in [0.717, 1.165) is 0 Å². The van der Waals surface area contributed by atoms with Gasteiger partial charge >= 0.3 is 17.9 Å². The predicted molar refractivity (Wildman–Crippen MR) is 84.9 cm³/mol. The van der Waals surface area contributed by atoms with Crippen molar-refractivity contribution in [3.05, 3.63) is 0 Å². The third-order valence-electron chi connectivity index (χ3n) is 3.08. The summed E-state index contributed by atoms with van der Waals surface area (Å²) in [4.78, 5) is 47.3. The van der Waals surface area contributed by atoms with Crippen LogP contribution in [0.1, 0.15) is 47.0 Å². The van der Waals surface area contributed by atoms with E-state index in [2.05, 4.69) is 0 Å². The molecular formula is C16H27NO7. The third-order valence-corrected chi connectivity index (χ3v) is 3.08. The molecule has 0 saturated heterocycles. The van der Waals surface area contributed by atoms with Gasteiger partial charge in [-0.05, 0) is 6.92 Å². The largest absolute Gasteiger partial charge is 0.464 e. The van der Waals surface area contributed by atoms with Crippen LogP contribution in [-0.4, -0.2) is 61.1 Å². The van der Waals surface area contributed by atoms with Crippen LogP contribution in [0.25, 0.3) is 0 Å². The van der Waals surface area contributed by atoms with Crippen LogP contribution in [0.15, 0.2) is 0 Å². The van der Waals surface area contributed by atoms with Crippen LogP contribution in [-0.2, 0) is 33.4 Å². The summed E-state index contributed by atoms with van der Waals surface area (Å²) in [6.45, 7) is 6.74. The highest BCUT2D eigenvalue weighted by atomic mass is 16.6. The monoisotopic (exact) mass is 345 g/mol. The summed E-state index contributed by atoms with van der Waals surface area (Å²) in [7, 11) is 0. The van der Waals surface area contributed by atoms with Gasteiger partial charge in [0.25, 0.3) is 5.91 Å². The van der Waals surface area contributed by atoms with Gasteiger partial charge in [-0.15, -0.1) is 0 Å². The van der Waals surface area contributed by atoms with E-state index >= 15 is 0 Å². The minimum atomic E-state index is -0.957. The fraction of sp³-hybridized carbons (Fsp3) is 0.750. The van der Waals surface area contributed by atoms with Gasteiger partial charge < -0.3 is 19.1 Å². The Morgan fingerprint density at radius 1 is 0.792 bits per heavy atom. The van der Waals surface area contributed by atoms with E-state index in [1.807, 2.05) is 0 Å². The standard InChI is InChI=1S/C16H27NO7/c1-5-13(18)22-10-8-17(9-11-23-14(19)6-2)16(21)12(4)24-15(20)7-3/h12H,5-11H2,1-4H3/t12-/m0/s1. The van der Waals surface area contributed by atoms with Gasteiger partial charge in [0.05, 0.1) is 13.1 Å². The first-order valence-corrected chi connectivity index (χ1v) is 8.15. The van der Waals surface area contributed by atoms with Crippen LogP contribution >= 0.6 is 0 Å². The van der Waals surface area contributed by atoms with E-state index in [4.69, 9.17) is 14.2 Å². The highest BCUT2D eigenvalue weighted by Gasteiger charge is 2.23. The number of nitrogens with zero attached hydrogens (tertiary/aromatic N) is 1. The number of hydrogen-bond donors (Lipinski definition) is 0. The molecule has 0 radical (unpaired) electrons. The Labute approximate surface area is 142 Å². The maximum Gasteiger partial charge on any atom is 0.306 e. The fourth-order valence-electron chi connectivity index (χ4n) is 1.66. The van der Waals surface area contributed by atoms with Crippen molar-refractivity contribution < 1.29 is 33.4 Å². The van der Waals surface area contributed by atoms with Crippen molar-refractivity contribution in [2.75, 3.05) is 26.3 Å². The molecule has 0 saturated carbocycles. The third kappa shape index (κ3) is 9.12. The quantitative estimate of drug-likeness (QED) is 0.408. The molecular weight excluding hydrogens is 318 g/mol. The highest BCUT2D eigenvalue weighted by molar-refractivity contribution is 5.83. The Morgan fingerprint density at radius 3 is 1.58 bits per heavy atom. The second kappa shape index (κ2) is 12.3. The van der Waals surface area contributed by atoms with E-state index in [0.29, 0.717) is 0 Å². The first-order chi connectivity index (χ1) is 11.3. The number of hydrogen-bond acceptors (Lipinski definition) is 7. The molecule has 1 amide bonds. The number of rotatable bonds is 11. The minimum Gasteiger partial charge on any atom is -0.464 e. The number of esters is 3. The second-order valence-corrected chi connectivity index (χ2v) is 4.96. The van der Waals surface area contributed by atoms with Gasteiger partial charge in [0, 0.05) is 19.3 Å². The molecule has 0 aromatic rings. The molecule has 0 fully saturated rings. The lowest BCUT2D eigenvalue weighted by atomic mass is 10.3. The molecule has 0 unspecified atom stereocenters. The van der Waals surface area contributed by atoms with E-state index in [-0.39, 0.29) is 57.5 Å². The molecule has 0 N–H and O–H groups in total. The van der Waals surface area contributed by atoms with Gasteiger partial charge in [-0.1, -0.05) is 20.8 Å². The number of carbonyl (C=O) groups excluding carboxylic acids is 4. The highest BCUT2D eigenvalue weighted by Crippen LogP contribution is 2.03. The Bertz CT molecular complexity index is 414. The van der Waals surface area contributed by atoms with Gasteiger partial charge in [-0.25, -0.2) is 0 Å². The minimum absolute atomic E-state index is 0.0224. The van der Waals surface area contributed by atoms with E-state index < -0.39 is 18.0 Å². The average molecular weight is 345 g/mol. The summed E-state index contributed by atoms with van der Waals surface area (Å²) >= 11 is 0. The normalized spacial score (nSPS) is 11.3. The van der Waals surface area contributed by atoms with E-state index in [9.17, 15) is 19.2 Å². The zero-order valence-electron chi connectivity index (χ0n) is 14.8. The van der Waals surface area contributed by atoms with Crippen molar-refractivity contribution in [3.63, 3.8) is 0 Å². The molecule has 0 heterocycles. The van der Waals surface area contributed by atoms with Gasteiger partial charge in [0.1, 0.15) is 13.2 Å². The maximum atomic E-state index is 12.4. The molecule has 0 bridgehead atoms. The SMILES string of the molecule is CCC(=O)OCCN(CCOC(=O)CC)C(=O)[C@H](C)OC(=O)CC. The molecule has 0 aliphatic rings. The summed E-state index contributed by atoms with van der Waals surface area (Å²) in [6.07, 6.45) is -0.305. The molecule has 0 spiro atoms. The number of ether oxygens (including phenoxy) is 3. The van der Waals surface area contributed by atoms with Crippen molar-refractivity contribution in [2.45, 2.75) is 53.1 Å². The van der Waals surface area contributed by atoms with Crippen molar-refractivity contribution in [1.29, 1.82) is 0 Å². The molecule has 0 aromatic carbocycles. The fourth-order valence-corrected chi connectivity index (χ4v) is 1.66. The van der Waals surface area contributed by atoms with Crippen molar-refractivity contribution in [2.24, 2.45) is 0 Å². The van der Waals surface area contributed by atoms with Crippen molar-refractivity contribution >= 4 is 23.8 Å². The zero-order valence-corrected chi connectivity index (χ0v) is 14.8. The molecule has 0 rings (SSSR count). The van der Waals surface area contributed by atoms with Gasteiger partial charge in [-0.3, -0.25) is 19.2 Å². The Balaban J connectivity index is 4.63. The van der Waals surface area contributed by atoms with Crippen LogP contribution in [0.2, 0.25) is 0 Å². The molecule has 0 aliphatic heterocycles. The lowest BCUT2D eigenvalue weighted by molar-refractivity contribution is -0.160. The summed E-state index contributed by atoms with van der Waals surface area (Å²) in [6, 6.07) is 0. The van der Waals surface area contributed by atoms with Crippen LogP contribution in [0, 0.1) is 0 Å². The van der Waals surface area contributed by atoms with Gasteiger partial charge in [0.2, 0.25) is 0 Å². The lowest BCUT2D eigenvalue weighted by Gasteiger charge is -2.25. The average Bonchev–Trinajstić information content (AvgIpc) is 2.58. The van der Waals surface area contributed by atoms with Crippen LogP contribution < -0.4 is 0 Å². The Morgan fingerprint density at radius 2 is 1.21 bits per heavy atom. The number of amides is 1. The van der Waals surface area contributed by atoms with E-state index in [1.54, 1.807) is 20.8 Å². The summed E-state index contributed by atoms with van der Waals surface area (Å²) in [5.74, 6) is -1.65. The summed E-state index contributed by atoms with van der Waals surface area (Å²) in [5, 5.41) is 0. The van der Waals surface area contributed by atoms with Gasteiger partial charge in [0.15, 0.2) is 6.10 Å². The molecule has 8 heteroatoms. The van der Waals surface area contributed by atoms with Crippen LogP contribution in [0.3, 0.4) is 0 Å². The Hall–Kier alpha value is -2.12. The molecule has 0 aromatic heterocycles. The second-order valence-electron chi connectivity index (χ2n) is 4.96. The molecule has 1 atom stereocenters.